The molecule has 0 amide bonds. The number of benzene rings is 1. The first-order valence-electron chi connectivity index (χ1n) is 8.26. The number of ketones is 1. The molecule has 0 saturated heterocycles. The highest BCUT2D eigenvalue weighted by atomic mass is 19.4. The van der Waals surface area contributed by atoms with Gasteiger partial charge in [0.05, 0.1) is 7.11 Å². The van der Waals surface area contributed by atoms with E-state index in [1.54, 1.807) is 20.8 Å². The standard InChI is InChI=1S/C19H22F3NO4/c1-17(2,3)27-16(25)15-18(4,19(20,21)22)13(10-23-15)14(24)11-6-8-12(26-5)9-7-11/h6-10,15,23H,1-5H3/t15-,18+/m1/s1. The average Bonchev–Trinajstić information content (AvgIpc) is 2.91. The van der Waals surface area contributed by atoms with Gasteiger partial charge in [-0.2, -0.15) is 13.2 Å². The van der Waals surface area contributed by atoms with Crippen LogP contribution in [0.5, 0.6) is 5.75 Å². The van der Waals surface area contributed by atoms with Gasteiger partial charge in [-0.25, -0.2) is 4.79 Å². The second-order valence-corrected chi connectivity index (χ2v) is 7.45. The van der Waals surface area contributed by atoms with Crippen molar-refractivity contribution in [2.75, 3.05) is 7.11 Å². The predicted molar refractivity (Wildman–Crippen MR) is 92.3 cm³/mol. The minimum atomic E-state index is -4.86. The molecule has 1 aromatic carbocycles. The van der Waals surface area contributed by atoms with Gasteiger partial charge in [-0.3, -0.25) is 4.79 Å². The molecule has 1 heterocycles. The molecule has 5 nitrogen and oxygen atoms in total. The summed E-state index contributed by atoms with van der Waals surface area (Å²) >= 11 is 0. The van der Waals surface area contributed by atoms with E-state index in [1.807, 2.05) is 0 Å². The Hall–Kier alpha value is -2.51. The summed E-state index contributed by atoms with van der Waals surface area (Å²) in [5, 5.41) is 2.40. The van der Waals surface area contributed by atoms with Crippen LogP contribution >= 0.6 is 0 Å². The topological polar surface area (TPSA) is 64.6 Å². The predicted octanol–water partition coefficient (Wildman–Crippen LogP) is 3.64. The van der Waals surface area contributed by atoms with E-state index >= 15 is 0 Å². The fraction of sp³-hybridized carbons (Fsp3) is 0.474. The van der Waals surface area contributed by atoms with Crippen molar-refractivity contribution in [2.24, 2.45) is 5.41 Å². The van der Waals surface area contributed by atoms with Crippen LogP contribution in [0.25, 0.3) is 0 Å². The van der Waals surface area contributed by atoms with Gasteiger partial charge < -0.3 is 14.8 Å². The number of rotatable bonds is 4. The number of halogens is 3. The van der Waals surface area contributed by atoms with Crippen LogP contribution in [0.1, 0.15) is 38.1 Å². The highest BCUT2D eigenvalue weighted by molar-refractivity contribution is 6.10. The molecule has 148 valence electrons. The lowest BCUT2D eigenvalue weighted by atomic mass is 9.74. The number of nitrogens with one attached hydrogen (secondary N) is 1. The Kier molecular flexibility index (Phi) is 5.32. The number of alkyl halides is 3. The van der Waals surface area contributed by atoms with Gasteiger partial charge in [-0.15, -0.1) is 0 Å². The number of hydrogen-bond donors (Lipinski definition) is 1. The third kappa shape index (κ3) is 3.94. The molecular weight excluding hydrogens is 363 g/mol. The van der Waals surface area contributed by atoms with Crippen LogP contribution in [0.4, 0.5) is 13.2 Å². The molecule has 0 radical (unpaired) electrons. The molecule has 8 heteroatoms. The molecule has 1 aliphatic rings. The summed E-state index contributed by atoms with van der Waals surface area (Å²) in [5.41, 5.74) is -4.18. The molecule has 27 heavy (non-hydrogen) atoms. The van der Waals surface area contributed by atoms with E-state index < -0.39 is 40.6 Å². The van der Waals surface area contributed by atoms with E-state index in [0.717, 1.165) is 13.1 Å². The average molecular weight is 385 g/mol. The Labute approximate surface area is 155 Å². The highest BCUT2D eigenvalue weighted by Crippen LogP contribution is 2.50. The van der Waals surface area contributed by atoms with Crippen molar-refractivity contribution < 1.29 is 32.2 Å². The Morgan fingerprint density at radius 3 is 2.11 bits per heavy atom. The van der Waals surface area contributed by atoms with Gasteiger partial charge in [-0.05, 0) is 52.0 Å². The maximum absolute atomic E-state index is 14.0. The second-order valence-electron chi connectivity index (χ2n) is 7.45. The minimum Gasteiger partial charge on any atom is -0.497 e. The van der Waals surface area contributed by atoms with Crippen LogP contribution in [-0.4, -0.2) is 36.7 Å². The zero-order valence-corrected chi connectivity index (χ0v) is 15.7. The summed E-state index contributed by atoms with van der Waals surface area (Å²) in [6.07, 6.45) is -3.90. The van der Waals surface area contributed by atoms with Gasteiger partial charge in [0.25, 0.3) is 0 Å². The zero-order valence-electron chi connectivity index (χ0n) is 15.7. The number of carbonyl (C=O) groups is 2. The zero-order chi connectivity index (χ0) is 20.6. The molecule has 2 atom stereocenters. The molecular formula is C19H22F3NO4. The van der Waals surface area contributed by atoms with Crippen molar-refractivity contribution in [3.05, 3.63) is 41.6 Å². The molecule has 1 aromatic rings. The van der Waals surface area contributed by atoms with E-state index in [0.29, 0.717) is 5.75 Å². The van der Waals surface area contributed by atoms with E-state index in [1.165, 1.54) is 31.4 Å². The first kappa shape index (κ1) is 20.8. The fourth-order valence-electron chi connectivity index (χ4n) is 2.82. The van der Waals surface area contributed by atoms with Crippen molar-refractivity contribution in [1.29, 1.82) is 0 Å². The fourth-order valence-corrected chi connectivity index (χ4v) is 2.82. The molecule has 1 aliphatic heterocycles. The van der Waals surface area contributed by atoms with Gasteiger partial charge in [0.15, 0.2) is 5.78 Å². The highest BCUT2D eigenvalue weighted by Gasteiger charge is 2.64. The molecule has 0 spiro atoms. The van der Waals surface area contributed by atoms with Crippen LogP contribution in [0.3, 0.4) is 0 Å². The number of esters is 1. The van der Waals surface area contributed by atoms with Crippen molar-refractivity contribution in [3.8, 4) is 5.75 Å². The van der Waals surface area contributed by atoms with Gasteiger partial charge >= 0.3 is 12.1 Å². The summed E-state index contributed by atoms with van der Waals surface area (Å²) in [6, 6.07) is 3.95. The van der Waals surface area contributed by atoms with Gasteiger partial charge in [0.1, 0.15) is 22.8 Å². The molecule has 1 N–H and O–H groups in total. The monoisotopic (exact) mass is 385 g/mol. The first-order valence-corrected chi connectivity index (χ1v) is 8.26. The summed E-state index contributed by atoms with van der Waals surface area (Å²) in [7, 11) is 1.44. The Balaban J connectivity index is 2.41. The SMILES string of the molecule is COc1ccc(C(=O)C2=CN[C@H](C(=O)OC(C)(C)C)[C@@]2(C)C(F)(F)F)cc1. The van der Waals surface area contributed by atoms with Crippen molar-refractivity contribution in [3.63, 3.8) is 0 Å². The Morgan fingerprint density at radius 2 is 1.67 bits per heavy atom. The van der Waals surface area contributed by atoms with Crippen LogP contribution in [0.2, 0.25) is 0 Å². The smallest absolute Gasteiger partial charge is 0.400 e. The van der Waals surface area contributed by atoms with E-state index in [9.17, 15) is 22.8 Å². The van der Waals surface area contributed by atoms with Gasteiger partial charge in [-0.1, -0.05) is 0 Å². The molecule has 0 aromatic heterocycles. The molecule has 0 bridgehead atoms. The van der Waals surface area contributed by atoms with Crippen molar-refractivity contribution in [2.45, 2.75) is 45.5 Å². The quantitative estimate of drug-likeness (QED) is 0.633. The van der Waals surface area contributed by atoms with Gasteiger partial charge in [0, 0.05) is 17.3 Å². The summed E-state index contributed by atoms with van der Waals surface area (Å²) < 4.78 is 52.0. The molecule has 2 rings (SSSR count). The van der Waals surface area contributed by atoms with Crippen molar-refractivity contribution in [1.82, 2.24) is 5.32 Å². The lowest BCUT2D eigenvalue weighted by Crippen LogP contribution is -2.54. The van der Waals surface area contributed by atoms with Gasteiger partial charge in [0.2, 0.25) is 0 Å². The lowest BCUT2D eigenvalue weighted by Gasteiger charge is -2.35. The van der Waals surface area contributed by atoms with E-state index in [2.05, 4.69) is 5.32 Å². The molecule has 0 saturated carbocycles. The normalized spacial score (nSPS) is 22.7. The summed E-state index contributed by atoms with van der Waals surface area (Å²) in [4.78, 5) is 25.1. The van der Waals surface area contributed by atoms with Crippen LogP contribution < -0.4 is 10.1 Å². The lowest BCUT2D eigenvalue weighted by molar-refractivity contribution is -0.215. The molecule has 0 unspecified atom stereocenters. The maximum atomic E-state index is 14.0. The number of hydrogen-bond acceptors (Lipinski definition) is 5. The minimum absolute atomic E-state index is 0.0594. The number of Topliss-reactive ketones (excluding diaryl/α,β-unsaturated/α-hetero) is 1. The van der Waals surface area contributed by atoms with E-state index in [-0.39, 0.29) is 5.56 Å². The van der Waals surface area contributed by atoms with Crippen LogP contribution in [0.15, 0.2) is 36.0 Å². The summed E-state index contributed by atoms with van der Waals surface area (Å²) in [6.45, 7) is 5.50. The Morgan fingerprint density at radius 1 is 1.11 bits per heavy atom. The maximum Gasteiger partial charge on any atom is 0.400 e. The number of ether oxygens (including phenoxy) is 2. The van der Waals surface area contributed by atoms with Crippen molar-refractivity contribution >= 4 is 11.8 Å². The number of carbonyl (C=O) groups excluding carboxylic acids is 2. The summed E-state index contributed by atoms with van der Waals surface area (Å²) in [5.74, 6) is -1.43. The molecule has 0 aliphatic carbocycles. The van der Waals surface area contributed by atoms with E-state index in [4.69, 9.17) is 9.47 Å². The third-order valence-corrected chi connectivity index (χ3v) is 4.36. The first-order chi connectivity index (χ1) is 12.3. The molecule has 0 fully saturated rings. The Bertz CT molecular complexity index is 763. The largest absolute Gasteiger partial charge is 0.497 e. The van der Waals surface area contributed by atoms with Crippen LogP contribution in [-0.2, 0) is 9.53 Å². The third-order valence-electron chi connectivity index (χ3n) is 4.36. The van der Waals surface area contributed by atoms with Crippen LogP contribution in [0, 0.1) is 5.41 Å². The number of methoxy groups -OCH3 is 1. The second kappa shape index (κ2) is 6.90.